The van der Waals surface area contributed by atoms with Gasteiger partial charge in [-0.15, -0.1) is 12.4 Å². The van der Waals surface area contributed by atoms with Crippen molar-refractivity contribution in [3.05, 3.63) is 40.2 Å². The fourth-order valence-electron chi connectivity index (χ4n) is 3.26. The van der Waals surface area contributed by atoms with E-state index in [9.17, 15) is 9.90 Å². The number of likely N-dealkylation sites (tertiary alicyclic amines) is 1. The van der Waals surface area contributed by atoms with Crippen molar-refractivity contribution >= 4 is 23.4 Å². The molecule has 2 aromatic rings. The Morgan fingerprint density at radius 2 is 1.92 bits per heavy atom. The molecule has 1 aromatic heterocycles. The predicted molar refractivity (Wildman–Crippen MR) is 101 cm³/mol. The lowest BCUT2D eigenvalue weighted by atomic mass is 10.1. The number of hydrogen-bond donors (Lipinski definition) is 1. The first kappa shape index (κ1) is 19.8. The van der Waals surface area contributed by atoms with Gasteiger partial charge in [-0.2, -0.15) is 0 Å². The van der Waals surface area contributed by atoms with Gasteiger partial charge in [-0.25, -0.2) is 4.79 Å². The van der Waals surface area contributed by atoms with E-state index in [1.54, 1.807) is 6.07 Å². The quantitative estimate of drug-likeness (QED) is 0.822. The molecule has 6 heteroatoms. The van der Waals surface area contributed by atoms with Crippen LogP contribution < -0.4 is 10.4 Å². The van der Waals surface area contributed by atoms with Crippen LogP contribution >= 0.6 is 12.4 Å². The number of halogens is 1. The number of ether oxygens (including phenoxy) is 1. The zero-order chi connectivity index (χ0) is 16.9. The van der Waals surface area contributed by atoms with Gasteiger partial charge in [0.25, 0.3) is 0 Å². The van der Waals surface area contributed by atoms with Gasteiger partial charge in [-0.3, -0.25) is 0 Å². The largest absolute Gasteiger partial charge is 0.491 e. The summed E-state index contributed by atoms with van der Waals surface area (Å²) >= 11 is 0. The Hall–Kier alpha value is -1.56. The van der Waals surface area contributed by atoms with Crippen LogP contribution in [0.3, 0.4) is 0 Å². The minimum absolute atomic E-state index is 0. The zero-order valence-corrected chi connectivity index (χ0v) is 15.4. The number of fused-ring (bicyclic) bond motifs is 1. The minimum atomic E-state index is -0.525. The number of hydrogen-bond acceptors (Lipinski definition) is 5. The van der Waals surface area contributed by atoms with Gasteiger partial charge in [0.15, 0.2) is 0 Å². The Bertz CT molecular complexity index is 738. The molecule has 1 atom stereocenters. The summed E-state index contributed by atoms with van der Waals surface area (Å²) in [4.78, 5) is 13.8. The smallest absolute Gasteiger partial charge is 0.336 e. The van der Waals surface area contributed by atoms with Gasteiger partial charge < -0.3 is 19.2 Å². The number of β-amino-alcohol motifs (C(OH)–C–C–N with tert-alkyl or cyclic N) is 1. The molecule has 1 aliphatic heterocycles. The molecular weight excluding hydrogens is 342 g/mol. The molecule has 0 saturated carbocycles. The first-order chi connectivity index (χ1) is 11.6. The molecule has 0 spiro atoms. The summed E-state index contributed by atoms with van der Waals surface area (Å²) in [7, 11) is 0. The Labute approximate surface area is 154 Å². The maximum absolute atomic E-state index is 11.5. The van der Waals surface area contributed by atoms with Gasteiger partial charge in [0.1, 0.15) is 24.0 Å². The fraction of sp³-hybridized carbons (Fsp3) is 0.526. The lowest BCUT2D eigenvalue weighted by Gasteiger charge is -2.23. The van der Waals surface area contributed by atoms with Crippen molar-refractivity contribution in [2.75, 3.05) is 26.2 Å². The van der Waals surface area contributed by atoms with Crippen LogP contribution in [0.15, 0.2) is 33.5 Å². The van der Waals surface area contributed by atoms with Crippen molar-refractivity contribution in [3.63, 3.8) is 0 Å². The fourth-order valence-corrected chi connectivity index (χ4v) is 3.26. The lowest BCUT2D eigenvalue weighted by molar-refractivity contribution is 0.0694. The second kappa shape index (κ2) is 9.22. The van der Waals surface area contributed by atoms with Gasteiger partial charge in [0.2, 0.25) is 0 Å². The van der Waals surface area contributed by atoms with E-state index in [-0.39, 0.29) is 24.6 Å². The third-order valence-corrected chi connectivity index (χ3v) is 4.53. The highest BCUT2D eigenvalue weighted by Crippen LogP contribution is 2.22. The maximum Gasteiger partial charge on any atom is 0.336 e. The minimum Gasteiger partial charge on any atom is -0.491 e. The average molecular weight is 368 g/mol. The van der Waals surface area contributed by atoms with Crippen molar-refractivity contribution in [2.45, 2.75) is 38.7 Å². The van der Waals surface area contributed by atoms with E-state index in [1.165, 1.54) is 31.7 Å². The molecule has 25 heavy (non-hydrogen) atoms. The summed E-state index contributed by atoms with van der Waals surface area (Å²) in [6.07, 6.45) is 4.45. The van der Waals surface area contributed by atoms with E-state index < -0.39 is 6.10 Å². The van der Waals surface area contributed by atoms with Crippen LogP contribution in [0.25, 0.3) is 11.0 Å². The highest BCUT2D eigenvalue weighted by atomic mass is 35.5. The van der Waals surface area contributed by atoms with E-state index in [0.717, 1.165) is 24.0 Å². The summed E-state index contributed by atoms with van der Waals surface area (Å²) in [6.45, 7) is 4.86. The molecule has 0 radical (unpaired) electrons. The number of aryl methyl sites for hydroxylation is 1. The molecule has 5 nitrogen and oxygen atoms in total. The lowest BCUT2D eigenvalue weighted by Crippen LogP contribution is -2.36. The standard InChI is InChI=1S/C19H25NO4.ClH/c1-14-10-19(22)24-18-11-16(6-7-17(14)18)23-13-15(21)12-20-8-4-2-3-5-9-20;/h6-7,10-11,15,21H,2-5,8-9,12-13H2,1H3;1H. The first-order valence-electron chi connectivity index (χ1n) is 8.69. The van der Waals surface area contributed by atoms with Crippen molar-refractivity contribution < 1.29 is 14.3 Å². The Morgan fingerprint density at radius 1 is 1.20 bits per heavy atom. The van der Waals surface area contributed by atoms with Crippen LogP contribution in [0.2, 0.25) is 0 Å². The Balaban J connectivity index is 0.00000225. The van der Waals surface area contributed by atoms with Crippen LogP contribution in [0, 0.1) is 6.92 Å². The highest BCUT2D eigenvalue weighted by Gasteiger charge is 2.14. The van der Waals surface area contributed by atoms with E-state index in [4.69, 9.17) is 9.15 Å². The summed E-state index contributed by atoms with van der Waals surface area (Å²) in [6, 6.07) is 6.91. The van der Waals surface area contributed by atoms with Crippen LogP contribution in [-0.4, -0.2) is 42.4 Å². The van der Waals surface area contributed by atoms with Gasteiger partial charge >= 0.3 is 5.63 Å². The molecule has 1 aromatic carbocycles. The van der Waals surface area contributed by atoms with E-state index in [1.807, 2.05) is 19.1 Å². The van der Waals surface area contributed by atoms with Gasteiger partial charge in [0, 0.05) is 24.1 Å². The third kappa shape index (κ3) is 5.46. The molecule has 0 bridgehead atoms. The molecule has 1 saturated heterocycles. The molecule has 1 N–H and O–H groups in total. The summed E-state index contributed by atoms with van der Waals surface area (Å²) in [5, 5.41) is 11.1. The normalized spacial score (nSPS) is 16.9. The molecule has 1 fully saturated rings. The topological polar surface area (TPSA) is 62.9 Å². The molecular formula is C19H26ClNO4. The number of rotatable bonds is 5. The zero-order valence-electron chi connectivity index (χ0n) is 14.6. The van der Waals surface area contributed by atoms with Gasteiger partial charge in [-0.05, 0) is 50.6 Å². The third-order valence-electron chi connectivity index (χ3n) is 4.53. The molecule has 1 unspecified atom stereocenters. The second-order valence-corrected chi connectivity index (χ2v) is 6.59. The van der Waals surface area contributed by atoms with Crippen molar-refractivity contribution in [2.24, 2.45) is 0 Å². The maximum atomic E-state index is 11.5. The van der Waals surface area contributed by atoms with Crippen LogP contribution in [0.1, 0.15) is 31.2 Å². The number of benzene rings is 1. The monoisotopic (exact) mass is 367 g/mol. The molecule has 3 rings (SSSR count). The molecule has 2 heterocycles. The SMILES string of the molecule is Cc1cc(=O)oc2cc(OCC(O)CN3CCCCCC3)ccc12.Cl. The van der Waals surface area contributed by atoms with Crippen LogP contribution in [-0.2, 0) is 0 Å². The van der Waals surface area contributed by atoms with Gasteiger partial charge in [-0.1, -0.05) is 12.8 Å². The van der Waals surface area contributed by atoms with Crippen LogP contribution in [0.5, 0.6) is 5.75 Å². The van der Waals surface area contributed by atoms with Crippen LogP contribution in [0.4, 0.5) is 0 Å². The Morgan fingerprint density at radius 3 is 2.64 bits per heavy atom. The molecule has 1 aliphatic rings. The highest BCUT2D eigenvalue weighted by molar-refractivity contribution is 5.85. The number of nitrogens with zero attached hydrogens (tertiary/aromatic N) is 1. The van der Waals surface area contributed by atoms with Crippen molar-refractivity contribution in [3.8, 4) is 5.75 Å². The van der Waals surface area contributed by atoms with Gasteiger partial charge in [0.05, 0.1) is 0 Å². The van der Waals surface area contributed by atoms with Crippen molar-refractivity contribution in [1.29, 1.82) is 0 Å². The second-order valence-electron chi connectivity index (χ2n) is 6.59. The van der Waals surface area contributed by atoms with E-state index >= 15 is 0 Å². The van der Waals surface area contributed by atoms with Crippen molar-refractivity contribution in [1.82, 2.24) is 4.90 Å². The molecule has 0 aliphatic carbocycles. The molecule has 0 amide bonds. The summed E-state index contributed by atoms with van der Waals surface area (Å²) < 4.78 is 10.9. The summed E-state index contributed by atoms with van der Waals surface area (Å²) in [5.41, 5.74) is 1.03. The number of aliphatic hydroxyl groups is 1. The number of aliphatic hydroxyl groups excluding tert-OH is 1. The summed E-state index contributed by atoms with van der Waals surface area (Å²) in [5.74, 6) is 0.603. The van der Waals surface area contributed by atoms with E-state index in [0.29, 0.717) is 17.9 Å². The van der Waals surface area contributed by atoms with E-state index in [2.05, 4.69) is 4.90 Å². The Kier molecular flexibility index (Phi) is 7.29. The first-order valence-corrected chi connectivity index (χ1v) is 8.69. The molecule has 138 valence electrons. The average Bonchev–Trinajstić information content (AvgIpc) is 2.81. The predicted octanol–water partition coefficient (Wildman–Crippen LogP) is 3.14.